The molecular formula is C16H20N2S. The first-order chi connectivity index (χ1) is 9.20. The number of thioether (sulfide) groups is 1. The predicted molar refractivity (Wildman–Crippen MR) is 82.5 cm³/mol. The second-order valence-corrected chi connectivity index (χ2v) is 5.68. The smallest absolute Gasteiger partial charge is 0.0992 e. The molecule has 2 aromatic rings. The summed E-state index contributed by atoms with van der Waals surface area (Å²) in [5, 5.41) is 1.11. The van der Waals surface area contributed by atoms with Crippen LogP contribution in [0.4, 0.5) is 0 Å². The van der Waals surface area contributed by atoms with Crippen molar-refractivity contribution in [2.45, 2.75) is 31.0 Å². The van der Waals surface area contributed by atoms with E-state index in [0.29, 0.717) is 6.54 Å². The fraction of sp³-hybridized carbons (Fsp3) is 0.312. The molecule has 0 aliphatic heterocycles. The molecule has 0 spiro atoms. The summed E-state index contributed by atoms with van der Waals surface area (Å²) < 4.78 is 0. The van der Waals surface area contributed by atoms with Gasteiger partial charge in [-0.3, -0.25) is 0 Å². The lowest BCUT2D eigenvalue weighted by Crippen LogP contribution is -2.03. The SMILES string of the molecule is Cc1ccccc1CSc1ncc(CCN)cc1C. The van der Waals surface area contributed by atoms with Crippen molar-refractivity contribution in [2.75, 3.05) is 6.54 Å². The molecule has 0 aliphatic rings. The van der Waals surface area contributed by atoms with E-state index in [2.05, 4.69) is 49.2 Å². The number of rotatable bonds is 5. The van der Waals surface area contributed by atoms with Gasteiger partial charge in [-0.15, -0.1) is 11.8 Å². The van der Waals surface area contributed by atoms with Gasteiger partial charge in [0, 0.05) is 11.9 Å². The van der Waals surface area contributed by atoms with Gasteiger partial charge >= 0.3 is 0 Å². The van der Waals surface area contributed by atoms with Crippen LogP contribution in [-0.4, -0.2) is 11.5 Å². The van der Waals surface area contributed by atoms with Gasteiger partial charge in [0.25, 0.3) is 0 Å². The Morgan fingerprint density at radius 2 is 1.95 bits per heavy atom. The Hall–Kier alpha value is -1.32. The van der Waals surface area contributed by atoms with Crippen molar-refractivity contribution in [3.63, 3.8) is 0 Å². The van der Waals surface area contributed by atoms with E-state index in [1.165, 1.54) is 22.3 Å². The van der Waals surface area contributed by atoms with E-state index in [1.807, 2.05) is 6.20 Å². The van der Waals surface area contributed by atoms with Gasteiger partial charge in [-0.05, 0) is 49.1 Å². The molecule has 0 saturated carbocycles. The Morgan fingerprint density at radius 1 is 1.16 bits per heavy atom. The maximum absolute atomic E-state index is 5.57. The molecule has 2 rings (SSSR count). The van der Waals surface area contributed by atoms with Crippen molar-refractivity contribution in [1.82, 2.24) is 4.98 Å². The molecule has 19 heavy (non-hydrogen) atoms. The molecule has 0 unspecified atom stereocenters. The normalized spacial score (nSPS) is 10.7. The monoisotopic (exact) mass is 272 g/mol. The van der Waals surface area contributed by atoms with Crippen LogP contribution in [0.5, 0.6) is 0 Å². The van der Waals surface area contributed by atoms with Gasteiger partial charge in [0.2, 0.25) is 0 Å². The van der Waals surface area contributed by atoms with Gasteiger partial charge < -0.3 is 5.73 Å². The van der Waals surface area contributed by atoms with E-state index >= 15 is 0 Å². The summed E-state index contributed by atoms with van der Waals surface area (Å²) >= 11 is 1.80. The van der Waals surface area contributed by atoms with Crippen LogP contribution in [0.3, 0.4) is 0 Å². The van der Waals surface area contributed by atoms with Crippen molar-refractivity contribution in [3.8, 4) is 0 Å². The molecule has 3 heteroatoms. The minimum Gasteiger partial charge on any atom is -0.330 e. The third kappa shape index (κ3) is 3.82. The van der Waals surface area contributed by atoms with Gasteiger partial charge in [0.15, 0.2) is 0 Å². The number of nitrogens with two attached hydrogens (primary N) is 1. The number of aromatic nitrogens is 1. The standard InChI is InChI=1S/C16H20N2S/c1-12-5-3-4-6-15(12)11-19-16-13(2)9-14(7-8-17)10-18-16/h3-6,9-10H,7-8,11,17H2,1-2H3. The van der Waals surface area contributed by atoms with Gasteiger partial charge in [-0.25, -0.2) is 4.98 Å². The Kier molecular flexibility index (Phi) is 5.00. The first-order valence-corrected chi connectivity index (χ1v) is 7.52. The molecule has 0 aliphatic carbocycles. The summed E-state index contributed by atoms with van der Waals surface area (Å²) in [5.74, 6) is 0.969. The van der Waals surface area contributed by atoms with E-state index in [9.17, 15) is 0 Å². The Balaban J connectivity index is 2.06. The van der Waals surface area contributed by atoms with Gasteiger partial charge in [0.1, 0.15) is 0 Å². The average molecular weight is 272 g/mol. The minimum absolute atomic E-state index is 0.677. The molecule has 0 atom stereocenters. The number of hydrogen-bond donors (Lipinski definition) is 1. The number of nitrogens with zero attached hydrogens (tertiary/aromatic N) is 1. The lowest BCUT2D eigenvalue weighted by Gasteiger charge is -2.08. The molecule has 100 valence electrons. The van der Waals surface area contributed by atoms with E-state index in [4.69, 9.17) is 5.73 Å². The highest BCUT2D eigenvalue weighted by atomic mass is 32.2. The topological polar surface area (TPSA) is 38.9 Å². The van der Waals surface area contributed by atoms with Crippen molar-refractivity contribution in [3.05, 3.63) is 58.8 Å². The van der Waals surface area contributed by atoms with Crippen molar-refractivity contribution in [1.29, 1.82) is 0 Å². The van der Waals surface area contributed by atoms with Crippen LogP contribution in [0.25, 0.3) is 0 Å². The Labute approximate surface area is 119 Å². The summed E-state index contributed by atoms with van der Waals surface area (Å²) in [5.41, 5.74) is 10.7. The molecule has 0 saturated heterocycles. The van der Waals surface area contributed by atoms with Gasteiger partial charge in [-0.1, -0.05) is 30.3 Å². The average Bonchev–Trinajstić information content (AvgIpc) is 2.40. The molecule has 2 N–H and O–H groups in total. The molecule has 0 radical (unpaired) electrons. The third-order valence-electron chi connectivity index (χ3n) is 3.15. The fourth-order valence-corrected chi connectivity index (χ4v) is 3.02. The van der Waals surface area contributed by atoms with Crippen molar-refractivity contribution >= 4 is 11.8 Å². The number of aryl methyl sites for hydroxylation is 2. The zero-order valence-corrected chi connectivity index (χ0v) is 12.3. The zero-order valence-electron chi connectivity index (χ0n) is 11.5. The van der Waals surface area contributed by atoms with E-state index < -0.39 is 0 Å². The van der Waals surface area contributed by atoms with Crippen LogP contribution in [0.2, 0.25) is 0 Å². The molecule has 0 fully saturated rings. The van der Waals surface area contributed by atoms with E-state index in [0.717, 1.165) is 17.2 Å². The first kappa shape index (κ1) is 14.1. The molecular weight excluding hydrogens is 252 g/mol. The van der Waals surface area contributed by atoms with Crippen LogP contribution in [0, 0.1) is 13.8 Å². The summed E-state index contributed by atoms with van der Waals surface area (Å²) in [6, 6.07) is 10.7. The van der Waals surface area contributed by atoms with Crippen LogP contribution in [0.15, 0.2) is 41.6 Å². The van der Waals surface area contributed by atoms with Crippen molar-refractivity contribution < 1.29 is 0 Å². The number of hydrogen-bond acceptors (Lipinski definition) is 3. The molecule has 0 amide bonds. The molecule has 2 nitrogen and oxygen atoms in total. The molecule has 0 bridgehead atoms. The van der Waals surface area contributed by atoms with Gasteiger partial charge in [0.05, 0.1) is 5.03 Å². The van der Waals surface area contributed by atoms with Crippen molar-refractivity contribution in [2.24, 2.45) is 5.73 Å². The zero-order chi connectivity index (χ0) is 13.7. The van der Waals surface area contributed by atoms with E-state index in [1.54, 1.807) is 11.8 Å². The van der Waals surface area contributed by atoms with Crippen LogP contribution in [0.1, 0.15) is 22.3 Å². The van der Waals surface area contributed by atoms with Gasteiger partial charge in [-0.2, -0.15) is 0 Å². The largest absolute Gasteiger partial charge is 0.330 e. The Morgan fingerprint density at radius 3 is 2.63 bits per heavy atom. The Bertz CT molecular complexity index is 552. The summed E-state index contributed by atoms with van der Waals surface area (Å²) in [4.78, 5) is 4.55. The number of pyridine rings is 1. The lowest BCUT2D eigenvalue weighted by atomic mass is 10.1. The maximum atomic E-state index is 5.57. The molecule has 1 aromatic carbocycles. The molecule has 1 heterocycles. The maximum Gasteiger partial charge on any atom is 0.0992 e. The highest BCUT2D eigenvalue weighted by Gasteiger charge is 2.04. The second kappa shape index (κ2) is 6.73. The lowest BCUT2D eigenvalue weighted by molar-refractivity contribution is 0.935. The van der Waals surface area contributed by atoms with Crippen LogP contribution >= 0.6 is 11.8 Å². The predicted octanol–water partition coefficient (Wildman–Crippen LogP) is 3.49. The third-order valence-corrected chi connectivity index (χ3v) is 4.30. The first-order valence-electron chi connectivity index (χ1n) is 6.53. The van der Waals surface area contributed by atoms with Crippen LogP contribution < -0.4 is 5.73 Å². The van der Waals surface area contributed by atoms with Crippen LogP contribution in [-0.2, 0) is 12.2 Å². The quantitative estimate of drug-likeness (QED) is 0.847. The number of benzene rings is 1. The highest BCUT2D eigenvalue weighted by Crippen LogP contribution is 2.25. The fourth-order valence-electron chi connectivity index (χ4n) is 1.99. The minimum atomic E-state index is 0.677. The highest BCUT2D eigenvalue weighted by molar-refractivity contribution is 7.98. The second-order valence-electron chi connectivity index (χ2n) is 4.72. The summed E-state index contributed by atoms with van der Waals surface area (Å²) in [7, 11) is 0. The summed E-state index contributed by atoms with van der Waals surface area (Å²) in [6.45, 7) is 4.95. The van der Waals surface area contributed by atoms with E-state index in [-0.39, 0.29) is 0 Å². The molecule has 1 aromatic heterocycles. The summed E-state index contributed by atoms with van der Waals surface area (Å²) in [6.07, 6.45) is 2.84.